The summed E-state index contributed by atoms with van der Waals surface area (Å²) in [4.78, 5) is 0. The fraction of sp³-hybridized carbons (Fsp3) is 0.467. The van der Waals surface area contributed by atoms with Crippen molar-refractivity contribution in [1.29, 1.82) is 0 Å². The largest absolute Gasteiger partial charge is 0.496 e. The summed E-state index contributed by atoms with van der Waals surface area (Å²) in [7, 11) is 1.62. The summed E-state index contributed by atoms with van der Waals surface area (Å²) in [5.74, 6) is 2.24. The lowest BCUT2D eigenvalue weighted by molar-refractivity contribution is 0.172. The Kier molecular flexibility index (Phi) is 8.23. The van der Waals surface area contributed by atoms with E-state index < -0.39 is 0 Å². The molecule has 1 aromatic rings. The van der Waals surface area contributed by atoms with Crippen LogP contribution in [-0.2, 0) is 6.42 Å². The Morgan fingerprint density at radius 3 is 2.37 bits per heavy atom. The number of aliphatic hydroxyl groups is 1. The van der Waals surface area contributed by atoms with Gasteiger partial charge in [-0.2, -0.15) is 0 Å². The molecule has 0 bridgehead atoms. The summed E-state index contributed by atoms with van der Waals surface area (Å²) in [6, 6.07) is 1.89. The Labute approximate surface area is 115 Å². The molecule has 106 valence electrons. The highest BCUT2D eigenvalue weighted by Gasteiger charge is 2.23. The monoisotopic (exact) mass is 266 g/mol. The van der Waals surface area contributed by atoms with Crippen LogP contribution in [0.15, 0.2) is 6.07 Å². The van der Waals surface area contributed by atoms with Gasteiger partial charge in [-0.1, -0.05) is 13.8 Å². The van der Waals surface area contributed by atoms with Gasteiger partial charge in [-0.05, 0) is 19.4 Å². The molecule has 4 nitrogen and oxygen atoms in total. The zero-order valence-electron chi connectivity index (χ0n) is 12.0. The van der Waals surface area contributed by atoms with Crippen molar-refractivity contribution in [3.05, 3.63) is 17.2 Å². The molecule has 0 aliphatic carbocycles. The fourth-order valence-electron chi connectivity index (χ4n) is 1.76. The second kappa shape index (κ2) is 9.12. The first kappa shape index (κ1) is 17.1. The lowest BCUT2D eigenvalue weighted by Gasteiger charge is -2.11. The normalized spacial score (nSPS) is 10.7. The Balaban J connectivity index is 0.000000741. The van der Waals surface area contributed by atoms with Gasteiger partial charge in [0.2, 0.25) is 6.79 Å². The fourth-order valence-corrected chi connectivity index (χ4v) is 1.76. The van der Waals surface area contributed by atoms with Crippen LogP contribution in [-0.4, -0.2) is 25.6 Å². The maximum Gasteiger partial charge on any atom is 0.231 e. The lowest BCUT2D eigenvalue weighted by Crippen LogP contribution is -1.97. The predicted octanol–water partition coefficient (Wildman–Crippen LogP) is 2.54. The molecular weight excluding hydrogens is 244 g/mol. The quantitative estimate of drug-likeness (QED) is 0.854. The van der Waals surface area contributed by atoms with Crippen molar-refractivity contribution in [1.82, 2.24) is 0 Å². The number of terminal acetylenes is 1. The van der Waals surface area contributed by atoms with Gasteiger partial charge in [0.05, 0.1) is 7.11 Å². The number of methoxy groups -OCH3 is 1. The number of rotatable bonds is 3. The van der Waals surface area contributed by atoms with Gasteiger partial charge in [0.15, 0.2) is 11.5 Å². The van der Waals surface area contributed by atoms with Crippen molar-refractivity contribution < 1.29 is 19.3 Å². The molecule has 4 heteroatoms. The van der Waals surface area contributed by atoms with E-state index in [9.17, 15) is 0 Å². The standard InChI is InChI=1S/C11H14O4.C2H6.C2H2/c1-7-9(13-2)5-8(3-4-12)11-10(7)14-6-15-11;2*1-2/h5,12H,3-4,6H2,1-2H3;1-2H3;1-2H. The number of hydrogen-bond donors (Lipinski definition) is 1. The van der Waals surface area contributed by atoms with Crippen molar-refractivity contribution in [3.8, 4) is 30.1 Å². The minimum absolute atomic E-state index is 0.0853. The number of hydrogen-bond acceptors (Lipinski definition) is 4. The molecule has 2 rings (SSSR count). The van der Waals surface area contributed by atoms with Crippen LogP contribution in [0.25, 0.3) is 0 Å². The summed E-state index contributed by atoms with van der Waals surface area (Å²) in [6.45, 7) is 6.25. The Morgan fingerprint density at radius 1 is 1.26 bits per heavy atom. The maximum absolute atomic E-state index is 8.95. The third-order valence-corrected chi connectivity index (χ3v) is 2.52. The van der Waals surface area contributed by atoms with Gasteiger partial charge in [0.1, 0.15) is 5.75 Å². The zero-order chi connectivity index (χ0) is 14.8. The van der Waals surface area contributed by atoms with E-state index in [-0.39, 0.29) is 13.4 Å². The van der Waals surface area contributed by atoms with E-state index in [1.165, 1.54) is 0 Å². The van der Waals surface area contributed by atoms with Crippen LogP contribution in [0.2, 0.25) is 0 Å². The predicted molar refractivity (Wildman–Crippen MR) is 75.9 cm³/mol. The number of aliphatic hydroxyl groups excluding tert-OH is 1. The molecule has 0 saturated heterocycles. The highest BCUT2D eigenvalue weighted by molar-refractivity contribution is 5.59. The minimum atomic E-state index is 0.0853. The molecule has 0 spiro atoms. The van der Waals surface area contributed by atoms with Crippen LogP contribution in [0.4, 0.5) is 0 Å². The maximum atomic E-state index is 8.95. The Bertz CT molecular complexity index is 410. The van der Waals surface area contributed by atoms with Crippen molar-refractivity contribution in [3.63, 3.8) is 0 Å². The van der Waals surface area contributed by atoms with Crippen LogP contribution < -0.4 is 14.2 Å². The van der Waals surface area contributed by atoms with E-state index in [0.29, 0.717) is 6.42 Å². The van der Waals surface area contributed by atoms with E-state index >= 15 is 0 Å². The molecular formula is C15H22O4. The van der Waals surface area contributed by atoms with E-state index in [0.717, 1.165) is 28.4 Å². The summed E-state index contributed by atoms with van der Waals surface area (Å²) >= 11 is 0. The molecule has 0 amide bonds. The minimum Gasteiger partial charge on any atom is -0.496 e. The highest BCUT2D eigenvalue weighted by Crippen LogP contribution is 2.43. The second-order valence-corrected chi connectivity index (χ2v) is 3.40. The molecule has 0 aromatic heterocycles. The van der Waals surface area contributed by atoms with Crippen molar-refractivity contribution in [2.45, 2.75) is 27.2 Å². The Hall–Kier alpha value is -1.86. The third-order valence-electron chi connectivity index (χ3n) is 2.52. The number of benzene rings is 1. The molecule has 1 aromatic carbocycles. The van der Waals surface area contributed by atoms with Gasteiger partial charge in [-0.25, -0.2) is 0 Å². The topological polar surface area (TPSA) is 47.9 Å². The SMILES string of the molecule is C#C.CC.COc1cc(CCO)c2c(c1C)OCO2. The molecule has 0 unspecified atom stereocenters. The van der Waals surface area contributed by atoms with Gasteiger partial charge < -0.3 is 19.3 Å². The molecule has 0 fully saturated rings. The van der Waals surface area contributed by atoms with Gasteiger partial charge in [0, 0.05) is 17.7 Å². The van der Waals surface area contributed by atoms with Crippen molar-refractivity contribution >= 4 is 0 Å². The second-order valence-electron chi connectivity index (χ2n) is 3.40. The summed E-state index contributed by atoms with van der Waals surface area (Å²) in [6.07, 6.45) is 8.54. The average Bonchev–Trinajstić information content (AvgIpc) is 2.96. The molecule has 1 aliphatic heterocycles. The van der Waals surface area contributed by atoms with Crippen LogP contribution in [0.1, 0.15) is 25.0 Å². The summed E-state index contributed by atoms with van der Waals surface area (Å²) in [5.41, 5.74) is 1.86. The summed E-state index contributed by atoms with van der Waals surface area (Å²) < 4.78 is 16.0. The van der Waals surface area contributed by atoms with Crippen LogP contribution >= 0.6 is 0 Å². The molecule has 1 heterocycles. The van der Waals surface area contributed by atoms with Gasteiger partial charge in [-0.15, -0.1) is 12.8 Å². The van der Waals surface area contributed by atoms with Crippen LogP contribution in [0.5, 0.6) is 17.2 Å². The molecule has 0 radical (unpaired) electrons. The smallest absolute Gasteiger partial charge is 0.231 e. The molecule has 1 N–H and O–H groups in total. The average molecular weight is 266 g/mol. The molecule has 1 aliphatic rings. The summed E-state index contributed by atoms with van der Waals surface area (Å²) in [5, 5.41) is 8.95. The highest BCUT2D eigenvalue weighted by atomic mass is 16.7. The van der Waals surface area contributed by atoms with Gasteiger partial charge >= 0.3 is 0 Å². The number of fused-ring (bicyclic) bond motifs is 1. The Morgan fingerprint density at radius 2 is 1.84 bits per heavy atom. The number of ether oxygens (including phenoxy) is 3. The van der Waals surface area contributed by atoms with E-state index in [2.05, 4.69) is 12.8 Å². The lowest BCUT2D eigenvalue weighted by atomic mass is 10.1. The van der Waals surface area contributed by atoms with Gasteiger partial charge in [-0.3, -0.25) is 0 Å². The first-order chi connectivity index (χ1) is 9.27. The molecule has 0 atom stereocenters. The first-order valence-electron chi connectivity index (χ1n) is 6.18. The zero-order valence-corrected chi connectivity index (χ0v) is 12.0. The van der Waals surface area contributed by atoms with Gasteiger partial charge in [0.25, 0.3) is 0 Å². The van der Waals surface area contributed by atoms with Crippen LogP contribution in [0.3, 0.4) is 0 Å². The molecule has 0 saturated carbocycles. The van der Waals surface area contributed by atoms with Crippen LogP contribution in [0, 0.1) is 19.8 Å². The van der Waals surface area contributed by atoms with E-state index in [1.807, 2.05) is 26.8 Å². The third kappa shape index (κ3) is 3.80. The molecule has 19 heavy (non-hydrogen) atoms. The van der Waals surface area contributed by atoms with Crippen molar-refractivity contribution in [2.24, 2.45) is 0 Å². The van der Waals surface area contributed by atoms with Crippen molar-refractivity contribution in [2.75, 3.05) is 20.5 Å². The first-order valence-corrected chi connectivity index (χ1v) is 6.18. The van der Waals surface area contributed by atoms with E-state index in [4.69, 9.17) is 19.3 Å². The van der Waals surface area contributed by atoms with E-state index in [1.54, 1.807) is 7.11 Å².